The lowest BCUT2D eigenvalue weighted by atomic mass is 10.1. The summed E-state index contributed by atoms with van der Waals surface area (Å²) >= 11 is 12.3. The summed E-state index contributed by atoms with van der Waals surface area (Å²) in [6.07, 6.45) is 5.65. The maximum Gasteiger partial charge on any atom is 0.0956 e. The zero-order chi connectivity index (χ0) is 17.1. The number of imidazole rings is 1. The van der Waals surface area contributed by atoms with E-state index in [0.717, 1.165) is 42.0 Å². The van der Waals surface area contributed by atoms with Crippen molar-refractivity contribution < 1.29 is 0 Å². The number of aryl methyl sites for hydroxylation is 3. The van der Waals surface area contributed by atoms with E-state index in [1.54, 1.807) is 6.07 Å². The molecule has 0 fully saturated rings. The fourth-order valence-electron chi connectivity index (χ4n) is 2.79. The third-order valence-electron chi connectivity index (χ3n) is 4.11. The standard InChI is InChI=1S/C17H19Cl2N5/c1-11-12(9-22-23-11)3-2-6-24-10-21-17(16(24)8-20)14-5-4-13(18)7-15(14)19/h4-5,7,9-10H,2-3,6,8,20H2,1H3,(H,22,23). The minimum atomic E-state index is 0.402. The normalized spacial score (nSPS) is 11.2. The van der Waals surface area contributed by atoms with Crippen LogP contribution >= 0.6 is 23.2 Å². The highest BCUT2D eigenvalue weighted by Gasteiger charge is 2.14. The van der Waals surface area contributed by atoms with Gasteiger partial charge in [0.1, 0.15) is 0 Å². The van der Waals surface area contributed by atoms with Crippen molar-refractivity contribution >= 4 is 23.2 Å². The molecule has 0 radical (unpaired) electrons. The highest BCUT2D eigenvalue weighted by Crippen LogP contribution is 2.31. The average Bonchev–Trinajstić information content (AvgIpc) is 3.14. The molecule has 0 amide bonds. The molecule has 0 aliphatic heterocycles. The van der Waals surface area contributed by atoms with E-state index in [0.29, 0.717) is 16.6 Å². The Labute approximate surface area is 150 Å². The Morgan fingerprint density at radius 1 is 1.29 bits per heavy atom. The second-order valence-corrected chi connectivity index (χ2v) is 6.53. The molecule has 0 atom stereocenters. The zero-order valence-electron chi connectivity index (χ0n) is 13.4. The van der Waals surface area contributed by atoms with Gasteiger partial charge < -0.3 is 10.3 Å². The molecule has 0 aliphatic carbocycles. The Morgan fingerprint density at radius 3 is 2.79 bits per heavy atom. The molecule has 0 aliphatic rings. The number of aromatic nitrogens is 4. The van der Waals surface area contributed by atoms with Crippen LogP contribution in [0.5, 0.6) is 0 Å². The largest absolute Gasteiger partial charge is 0.333 e. The number of nitrogens with two attached hydrogens (primary N) is 1. The first-order valence-electron chi connectivity index (χ1n) is 7.78. The minimum absolute atomic E-state index is 0.402. The molecule has 2 aromatic heterocycles. The molecular weight excluding hydrogens is 345 g/mol. The average molecular weight is 364 g/mol. The fraction of sp³-hybridized carbons (Fsp3) is 0.294. The monoisotopic (exact) mass is 363 g/mol. The van der Waals surface area contributed by atoms with E-state index in [9.17, 15) is 0 Å². The molecule has 0 bridgehead atoms. The summed E-state index contributed by atoms with van der Waals surface area (Å²) in [5.74, 6) is 0. The Morgan fingerprint density at radius 2 is 2.12 bits per heavy atom. The molecule has 0 saturated carbocycles. The van der Waals surface area contributed by atoms with E-state index in [-0.39, 0.29) is 0 Å². The first-order chi connectivity index (χ1) is 11.6. The van der Waals surface area contributed by atoms with Crippen molar-refractivity contribution in [2.75, 3.05) is 0 Å². The van der Waals surface area contributed by atoms with E-state index in [4.69, 9.17) is 28.9 Å². The van der Waals surface area contributed by atoms with Crippen LogP contribution in [0.15, 0.2) is 30.7 Å². The van der Waals surface area contributed by atoms with E-state index in [1.165, 1.54) is 5.56 Å². The van der Waals surface area contributed by atoms with Gasteiger partial charge in [-0.3, -0.25) is 5.10 Å². The molecular formula is C17H19Cl2N5. The lowest BCUT2D eigenvalue weighted by molar-refractivity contribution is 0.617. The quantitative estimate of drug-likeness (QED) is 0.695. The highest BCUT2D eigenvalue weighted by atomic mass is 35.5. The minimum Gasteiger partial charge on any atom is -0.333 e. The van der Waals surface area contributed by atoms with Crippen LogP contribution in [0, 0.1) is 6.92 Å². The van der Waals surface area contributed by atoms with Gasteiger partial charge in [-0.15, -0.1) is 0 Å². The van der Waals surface area contributed by atoms with E-state index < -0.39 is 0 Å². The van der Waals surface area contributed by atoms with Crippen LogP contribution < -0.4 is 5.73 Å². The molecule has 0 unspecified atom stereocenters. The van der Waals surface area contributed by atoms with Gasteiger partial charge in [-0.05, 0) is 43.5 Å². The summed E-state index contributed by atoms with van der Waals surface area (Å²) < 4.78 is 2.09. The Bertz CT molecular complexity index is 837. The zero-order valence-corrected chi connectivity index (χ0v) is 14.9. The molecule has 3 rings (SSSR count). The van der Waals surface area contributed by atoms with E-state index >= 15 is 0 Å². The van der Waals surface area contributed by atoms with Crippen molar-refractivity contribution in [2.45, 2.75) is 32.9 Å². The van der Waals surface area contributed by atoms with Gasteiger partial charge in [-0.1, -0.05) is 23.2 Å². The van der Waals surface area contributed by atoms with E-state index in [1.807, 2.05) is 31.6 Å². The second-order valence-electron chi connectivity index (χ2n) is 5.69. The predicted molar refractivity (Wildman–Crippen MR) is 97.2 cm³/mol. The number of hydrogen-bond donors (Lipinski definition) is 2. The van der Waals surface area contributed by atoms with Crippen molar-refractivity contribution in [1.82, 2.24) is 19.7 Å². The summed E-state index contributed by atoms with van der Waals surface area (Å²) in [5, 5.41) is 8.20. The van der Waals surface area contributed by atoms with Gasteiger partial charge in [0, 0.05) is 29.4 Å². The molecule has 5 nitrogen and oxygen atoms in total. The molecule has 0 saturated heterocycles. The van der Waals surface area contributed by atoms with Crippen LogP contribution in [0.4, 0.5) is 0 Å². The first-order valence-corrected chi connectivity index (χ1v) is 8.54. The topological polar surface area (TPSA) is 72.5 Å². The van der Waals surface area contributed by atoms with Crippen molar-refractivity contribution in [3.63, 3.8) is 0 Å². The smallest absolute Gasteiger partial charge is 0.0956 e. The number of rotatable bonds is 6. The Kier molecular flexibility index (Phi) is 5.23. The number of benzene rings is 1. The predicted octanol–water partition coefficient (Wildman–Crippen LogP) is 3.98. The van der Waals surface area contributed by atoms with Crippen LogP contribution in [-0.2, 0) is 19.5 Å². The SMILES string of the molecule is Cc1[nH]ncc1CCCn1cnc(-c2ccc(Cl)cc2Cl)c1CN. The van der Waals surface area contributed by atoms with Gasteiger partial charge in [0.25, 0.3) is 0 Å². The number of aromatic amines is 1. The van der Waals surface area contributed by atoms with Crippen LogP contribution in [-0.4, -0.2) is 19.7 Å². The number of H-pyrrole nitrogens is 1. The third-order valence-corrected chi connectivity index (χ3v) is 4.65. The van der Waals surface area contributed by atoms with Gasteiger partial charge in [-0.2, -0.15) is 5.10 Å². The van der Waals surface area contributed by atoms with Crippen molar-refractivity contribution in [3.8, 4) is 11.3 Å². The van der Waals surface area contributed by atoms with Crippen LogP contribution in [0.1, 0.15) is 23.4 Å². The van der Waals surface area contributed by atoms with E-state index in [2.05, 4.69) is 19.7 Å². The lowest BCUT2D eigenvalue weighted by Gasteiger charge is -2.09. The molecule has 2 heterocycles. The summed E-state index contributed by atoms with van der Waals surface area (Å²) in [4.78, 5) is 4.52. The van der Waals surface area contributed by atoms with Gasteiger partial charge >= 0.3 is 0 Å². The fourth-order valence-corrected chi connectivity index (χ4v) is 3.29. The van der Waals surface area contributed by atoms with Crippen LogP contribution in [0.2, 0.25) is 10.0 Å². The molecule has 1 aromatic carbocycles. The maximum atomic E-state index is 6.31. The van der Waals surface area contributed by atoms with Gasteiger partial charge in [0.2, 0.25) is 0 Å². The van der Waals surface area contributed by atoms with Crippen molar-refractivity contribution in [3.05, 3.63) is 57.7 Å². The number of nitrogens with one attached hydrogen (secondary N) is 1. The molecule has 24 heavy (non-hydrogen) atoms. The Balaban J connectivity index is 1.78. The summed E-state index contributed by atoms with van der Waals surface area (Å²) in [6.45, 7) is 3.28. The maximum absolute atomic E-state index is 6.31. The summed E-state index contributed by atoms with van der Waals surface area (Å²) in [7, 11) is 0. The van der Waals surface area contributed by atoms with Gasteiger partial charge in [0.15, 0.2) is 0 Å². The van der Waals surface area contributed by atoms with Gasteiger partial charge in [-0.25, -0.2) is 4.98 Å². The van der Waals surface area contributed by atoms with Crippen LogP contribution in [0.25, 0.3) is 11.3 Å². The first kappa shape index (κ1) is 17.0. The third kappa shape index (κ3) is 3.48. The second kappa shape index (κ2) is 7.38. The van der Waals surface area contributed by atoms with Crippen molar-refractivity contribution in [2.24, 2.45) is 5.73 Å². The van der Waals surface area contributed by atoms with Crippen LogP contribution in [0.3, 0.4) is 0 Å². The lowest BCUT2D eigenvalue weighted by Crippen LogP contribution is -2.08. The molecule has 7 heteroatoms. The number of hydrogen-bond acceptors (Lipinski definition) is 3. The highest BCUT2D eigenvalue weighted by molar-refractivity contribution is 6.36. The number of halogens is 2. The molecule has 126 valence electrons. The van der Waals surface area contributed by atoms with Gasteiger partial charge in [0.05, 0.1) is 28.9 Å². The molecule has 3 aromatic rings. The summed E-state index contributed by atoms with van der Waals surface area (Å²) in [5.41, 5.74) is 11.0. The number of nitrogens with zero attached hydrogens (tertiary/aromatic N) is 3. The molecule has 3 N–H and O–H groups in total. The molecule has 0 spiro atoms. The van der Waals surface area contributed by atoms with Crippen molar-refractivity contribution in [1.29, 1.82) is 0 Å². The summed E-state index contributed by atoms with van der Waals surface area (Å²) in [6, 6.07) is 5.41. The Hall–Kier alpha value is -1.82.